The molecule has 25 heavy (non-hydrogen) atoms. The third-order valence-corrected chi connectivity index (χ3v) is 3.99. The normalized spacial score (nSPS) is 11.9. The van der Waals surface area contributed by atoms with Gasteiger partial charge in [-0.05, 0) is 29.7 Å². The third kappa shape index (κ3) is 4.68. The monoisotopic (exact) mass is 355 g/mol. The predicted molar refractivity (Wildman–Crippen MR) is 96.2 cm³/mol. The molecule has 0 saturated heterocycles. The van der Waals surface area contributed by atoms with E-state index in [1.54, 1.807) is 12.1 Å². The van der Waals surface area contributed by atoms with Gasteiger partial charge in [-0.15, -0.1) is 0 Å². The number of aromatic nitrogens is 1. The first-order valence-corrected chi connectivity index (χ1v) is 8.27. The Kier molecular flexibility index (Phi) is 5.48. The van der Waals surface area contributed by atoms with Crippen molar-refractivity contribution in [3.63, 3.8) is 0 Å². The van der Waals surface area contributed by atoms with Gasteiger partial charge in [-0.2, -0.15) is 0 Å². The second-order valence-electron chi connectivity index (χ2n) is 5.68. The number of nitrogens with zero attached hydrogens (tertiary/aromatic N) is 1. The summed E-state index contributed by atoms with van der Waals surface area (Å²) >= 11 is 5.84. The fourth-order valence-electron chi connectivity index (χ4n) is 2.39. The molecule has 0 saturated carbocycles. The van der Waals surface area contributed by atoms with E-state index in [9.17, 15) is 4.79 Å². The van der Waals surface area contributed by atoms with Crippen LogP contribution in [0.15, 0.2) is 65.3 Å². The number of carbonyl (C=O) groups is 1. The van der Waals surface area contributed by atoms with Gasteiger partial charge in [0.1, 0.15) is 6.26 Å². The lowest BCUT2D eigenvalue weighted by Gasteiger charge is -2.07. The van der Waals surface area contributed by atoms with Crippen molar-refractivity contribution in [3.05, 3.63) is 88.6 Å². The Labute approximate surface area is 150 Å². The first kappa shape index (κ1) is 17.2. The molecule has 0 spiro atoms. The van der Waals surface area contributed by atoms with Crippen LogP contribution >= 0.6 is 11.6 Å². The van der Waals surface area contributed by atoms with Gasteiger partial charge in [0.25, 0.3) is 5.91 Å². The molecule has 1 amide bonds. The fraction of sp³-hybridized carbons (Fsp3) is 0.158. The molecule has 3 N–H and O–H groups in total. The van der Waals surface area contributed by atoms with Gasteiger partial charge in [0.15, 0.2) is 5.69 Å². The molecule has 2 aromatic carbocycles. The minimum absolute atomic E-state index is 0.215. The van der Waals surface area contributed by atoms with Crippen LogP contribution in [-0.4, -0.2) is 10.9 Å². The number of hydrogen-bond acceptors (Lipinski definition) is 4. The summed E-state index contributed by atoms with van der Waals surface area (Å²) in [6.45, 7) is 0.383. The number of halogens is 1. The molecule has 3 rings (SSSR count). The molecule has 0 fully saturated rings. The zero-order valence-electron chi connectivity index (χ0n) is 13.5. The van der Waals surface area contributed by atoms with Gasteiger partial charge in [-0.25, -0.2) is 4.98 Å². The summed E-state index contributed by atoms with van der Waals surface area (Å²) in [4.78, 5) is 16.4. The third-order valence-electron chi connectivity index (χ3n) is 3.74. The molecular formula is C19H18ClN3O2. The van der Waals surface area contributed by atoms with E-state index in [-0.39, 0.29) is 11.6 Å². The highest BCUT2D eigenvalue weighted by Crippen LogP contribution is 2.16. The second-order valence-corrected chi connectivity index (χ2v) is 6.11. The SMILES string of the molecule is NC(Cc1ccccc1)c1nc(C(=O)NCc2ccc(Cl)cc2)co1. The van der Waals surface area contributed by atoms with Crippen molar-refractivity contribution in [2.45, 2.75) is 19.0 Å². The lowest BCUT2D eigenvalue weighted by Crippen LogP contribution is -2.23. The van der Waals surface area contributed by atoms with E-state index in [0.29, 0.717) is 23.9 Å². The highest BCUT2D eigenvalue weighted by atomic mass is 35.5. The topological polar surface area (TPSA) is 81.1 Å². The summed E-state index contributed by atoms with van der Waals surface area (Å²) in [5, 5.41) is 3.45. The lowest BCUT2D eigenvalue weighted by atomic mass is 10.1. The van der Waals surface area contributed by atoms with Crippen molar-refractivity contribution in [2.75, 3.05) is 0 Å². The molecule has 1 heterocycles. The van der Waals surface area contributed by atoms with Gasteiger partial charge in [-0.3, -0.25) is 4.79 Å². The molecule has 0 aliphatic rings. The molecule has 5 nitrogen and oxygen atoms in total. The molecule has 3 aromatic rings. The lowest BCUT2D eigenvalue weighted by molar-refractivity contribution is 0.0946. The molecular weight excluding hydrogens is 338 g/mol. The first-order valence-electron chi connectivity index (χ1n) is 7.89. The highest BCUT2D eigenvalue weighted by molar-refractivity contribution is 6.30. The Morgan fingerprint density at radius 2 is 1.84 bits per heavy atom. The van der Waals surface area contributed by atoms with Crippen molar-refractivity contribution < 1.29 is 9.21 Å². The van der Waals surface area contributed by atoms with Crippen molar-refractivity contribution in [3.8, 4) is 0 Å². The summed E-state index contributed by atoms with van der Waals surface area (Å²) in [6.07, 6.45) is 1.92. The molecule has 1 atom stereocenters. The average Bonchev–Trinajstić information content (AvgIpc) is 3.12. The minimum Gasteiger partial charge on any atom is -0.446 e. The Morgan fingerprint density at radius 3 is 2.56 bits per heavy atom. The van der Waals surface area contributed by atoms with Crippen molar-refractivity contribution >= 4 is 17.5 Å². The smallest absolute Gasteiger partial charge is 0.273 e. The average molecular weight is 356 g/mol. The van der Waals surface area contributed by atoms with E-state index in [1.807, 2.05) is 42.5 Å². The zero-order valence-corrected chi connectivity index (χ0v) is 14.2. The quantitative estimate of drug-likeness (QED) is 0.709. The zero-order chi connectivity index (χ0) is 17.6. The highest BCUT2D eigenvalue weighted by Gasteiger charge is 2.17. The van der Waals surface area contributed by atoms with Gasteiger partial charge in [0.05, 0.1) is 6.04 Å². The van der Waals surface area contributed by atoms with Crippen molar-refractivity contribution in [2.24, 2.45) is 5.73 Å². The van der Waals surface area contributed by atoms with Crippen LogP contribution in [0.5, 0.6) is 0 Å². The van der Waals surface area contributed by atoms with Gasteiger partial charge < -0.3 is 15.5 Å². The van der Waals surface area contributed by atoms with Crippen LogP contribution in [0.2, 0.25) is 5.02 Å². The van der Waals surface area contributed by atoms with Crippen LogP contribution in [0.1, 0.15) is 33.5 Å². The van der Waals surface area contributed by atoms with Gasteiger partial charge in [-0.1, -0.05) is 54.1 Å². The molecule has 128 valence electrons. The summed E-state index contributed by atoms with van der Waals surface area (Å²) in [5.74, 6) is 0.0392. The van der Waals surface area contributed by atoms with Crippen LogP contribution in [0.25, 0.3) is 0 Å². The molecule has 1 unspecified atom stereocenters. The largest absolute Gasteiger partial charge is 0.446 e. The fourth-order valence-corrected chi connectivity index (χ4v) is 2.52. The standard InChI is InChI=1S/C19H18ClN3O2/c20-15-8-6-14(7-9-15)11-22-18(24)17-12-25-19(23-17)16(21)10-13-4-2-1-3-5-13/h1-9,12,16H,10-11,21H2,(H,22,24). The summed E-state index contributed by atoms with van der Waals surface area (Å²) in [5.41, 5.74) is 8.37. The summed E-state index contributed by atoms with van der Waals surface area (Å²) < 4.78 is 5.37. The number of oxazole rings is 1. The van der Waals surface area contributed by atoms with Crippen LogP contribution in [0, 0.1) is 0 Å². The van der Waals surface area contributed by atoms with Gasteiger partial charge in [0.2, 0.25) is 5.89 Å². The number of rotatable bonds is 6. The summed E-state index contributed by atoms with van der Waals surface area (Å²) in [6, 6.07) is 16.7. The molecule has 1 aromatic heterocycles. The maximum atomic E-state index is 12.2. The molecule has 6 heteroatoms. The van der Waals surface area contributed by atoms with Crippen LogP contribution < -0.4 is 11.1 Å². The number of benzene rings is 2. The molecule has 0 bridgehead atoms. The Hall–Kier alpha value is -2.63. The number of carbonyl (C=O) groups excluding carboxylic acids is 1. The Morgan fingerprint density at radius 1 is 1.12 bits per heavy atom. The number of hydrogen-bond donors (Lipinski definition) is 2. The van der Waals surface area contributed by atoms with Crippen molar-refractivity contribution in [1.82, 2.24) is 10.3 Å². The van der Waals surface area contributed by atoms with E-state index in [4.69, 9.17) is 21.8 Å². The number of amides is 1. The maximum absolute atomic E-state index is 12.2. The Bertz CT molecular complexity index is 831. The van der Waals surface area contributed by atoms with E-state index in [1.165, 1.54) is 6.26 Å². The van der Waals surface area contributed by atoms with Crippen LogP contribution in [0.4, 0.5) is 0 Å². The van der Waals surface area contributed by atoms with E-state index in [2.05, 4.69) is 10.3 Å². The first-order chi connectivity index (χ1) is 12.1. The number of nitrogens with two attached hydrogens (primary N) is 1. The van der Waals surface area contributed by atoms with E-state index in [0.717, 1.165) is 11.1 Å². The van der Waals surface area contributed by atoms with E-state index < -0.39 is 6.04 Å². The maximum Gasteiger partial charge on any atom is 0.273 e. The van der Waals surface area contributed by atoms with Crippen LogP contribution in [0.3, 0.4) is 0 Å². The molecule has 0 aliphatic heterocycles. The van der Waals surface area contributed by atoms with Gasteiger partial charge in [0, 0.05) is 11.6 Å². The Balaban J connectivity index is 1.58. The molecule has 0 radical (unpaired) electrons. The van der Waals surface area contributed by atoms with E-state index >= 15 is 0 Å². The minimum atomic E-state index is -0.403. The van der Waals surface area contributed by atoms with Gasteiger partial charge >= 0.3 is 0 Å². The molecule has 0 aliphatic carbocycles. The predicted octanol–water partition coefficient (Wildman–Crippen LogP) is 3.50. The van der Waals surface area contributed by atoms with Crippen LogP contribution in [-0.2, 0) is 13.0 Å². The van der Waals surface area contributed by atoms with Crippen molar-refractivity contribution in [1.29, 1.82) is 0 Å². The summed E-state index contributed by atoms with van der Waals surface area (Å²) in [7, 11) is 0. The number of nitrogens with one attached hydrogen (secondary N) is 1. The second kappa shape index (κ2) is 7.96.